The molecular formula is C22H28N2O2S. The van der Waals surface area contributed by atoms with E-state index >= 15 is 0 Å². The van der Waals surface area contributed by atoms with Gasteiger partial charge in [-0.3, -0.25) is 9.59 Å². The molecule has 144 valence electrons. The molecule has 4 nitrogen and oxygen atoms in total. The minimum absolute atomic E-state index is 0.0481. The smallest absolute Gasteiger partial charge is 0.221 e. The summed E-state index contributed by atoms with van der Waals surface area (Å²) in [6.45, 7) is 5.21. The largest absolute Gasteiger partial charge is 0.352 e. The van der Waals surface area contributed by atoms with Crippen LogP contribution in [0.25, 0.3) is 0 Å². The molecule has 0 heterocycles. The number of amides is 2. The molecule has 2 aromatic carbocycles. The second kappa shape index (κ2) is 11.4. The van der Waals surface area contributed by atoms with E-state index in [2.05, 4.69) is 10.6 Å². The Labute approximate surface area is 166 Å². The molecule has 0 atom stereocenters. The van der Waals surface area contributed by atoms with Gasteiger partial charge in [-0.2, -0.15) is 11.8 Å². The van der Waals surface area contributed by atoms with Crippen LogP contribution < -0.4 is 10.6 Å². The van der Waals surface area contributed by atoms with Gasteiger partial charge in [0.25, 0.3) is 0 Å². The summed E-state index contributed by atoms with van der Waals surface area (Å²) in [7, 11) is 0. The molecule has 0 bridgehead atoms. The van der Waals surface area contributed by atoms with Gasteiger partial charge in [0.1, 0.15) is 0 Å². The van der Waals surface area contributed by atoms with Gasteiger partial charge in [0.2, 0.25) is 11.8 Å². The summed E-state index contributed by atoms with van der Waals surface area (Å²) >= 11 is 1.64. The predicted molar refractivity (Wildman–Crippen MR) is 113 cm³/mol. The number of carbonyl (C=O) groups is 2. The molecule has 0 saturated carbocycles. The fourth-order valence-electron chi connectivity index (χ4n) is 2.42. The molecule has 2 N–H and O–H groups in total. The van der Waals surface area contributed by atoms with Gasteiger partial charge < -0.3 is 10.6 Å². The van der Waals surface area contributed by atoms with E-state index in [9.17, 15) is 9.59 Å². The standard InChI is InChI=1S/C22H28N2O2S/c1-17-3-7-19(8-4-17)15-23-21(25)11-13-27-14-12-22(26)24-16-20-9-5-18(2)6-10-20/h3-10H,11-16H2,1-2H3,(H,23,25)(H,24,26). The molecule has 0 spiro atoms. The van der Waals surface area contributed by atoms with E-state index in [1.807, 2.05) is 62.4 Å². The number of hydrogen-bond donors (Lipinski definition) is 2. The van der Waals surface area contributed by atoms with Crippen LogP contribution >= 0.6 is 11.8 Å². The van der Waals surface area contributed by atoms with E-state index < -0.39 is 0 Å². The Balaban J connectivity index is 1.50. The number of nitrogens with one attached hydrogen (secondary N) is 2. The van der Waals surface area contributed by atoms with Gasteiger partial charge in [0, 0.05) is 37.4 Å². The van der Waals surface area contributed by atoms with Gasteiger partial charge in [-0.05, 0) is 25.0 Å². The molecule has 0 saturated heterocycles. The van der Waals surface area contributed by atoms with Crippen molar-refractivity contribution >= 4 is 23.6 Å². The van der Waals surface area contributed by atoms with Gasteiger partial charge in [-0.15, -0.1) is 0 Å². The molecule has 5 heteroatoms. The van der Waals surface area contributed by atoms with E-state index in [4.69, 9.17) is 0 Å². The van der Waals surface area contributed by atoms with Crippen molar-refractivity contribution in [3.8, 4) is 0 Å². The maximum atomic E-state index is 11.9. The number of rotatable bonds is 10. The minimum Gasteiger partial charge on any atom is -0.352 e. The first-order valence-electron chi connectivity index (χ1n) is 9.25. The van der Waals surface area contributed by atoms with Crippen molar-refractivity contribution in [1.82, 2.24) is 10.6 Å². The molecule has 0 aliphatic rings. The average molecular weight is 385 g/mol. The van der Waals surface area contributed by atoms with Crippen LogP contribution in [0.3, 0.4) is 0 Å². The maximum Gasteiger partial charge on any atom is 0.221 e. The van der Waals surface area contributed by atoms with Crippen LogP contribution in [0.4, 0.5) is 0 Å². The molecule has 0 fully saturated rings. The summed E-state index contributed by atoms with van der Waals surface area (Å²) in [5.74, 6) is 1.55. The highest BCUT2D eigenvalue weighted by atomic mass is 32.2. The lowest BCUT2D eigenvalue weighted by molar-refractivity contribution is -0.121. The van der Waals surface area contributed by atoms with Crippen molar-refractivity contribution in [2.24, 2.45) is 0 Å². The molecule has 2 rings (SSSR count). The Morgan fingerprint density at radius 3 is 1.44 bits per heavy atom. The number of aryl methyl sites for hydroxylation is 2. The Morgan fingerprint density at radius 2 is 1.07 bits per heavy atom. The van der Waals surface area contributed by atoms with Crippen LogP contribution in [0.5, 0.6) is 0 Å². The highest BCUT2D eigenvalue weighted by Gasteiger charge is 2.04. The number of thioether (sulfide) groups is 1. The van der Waals surface area contributed by atoms with Gasteiger partial charge in [0.15, 0.2) is 0 Å². The van der Waals surface area contributed by atoms with Crippen molar-refractivity contribution in [3.05, 3.63) is 70.8 Å². The second-order valence-corrected chi connectivity index (χ2v) is 7.86. The topological polar surface area (TPSA) is 58.2 Å². The first-order valence-corrected chi connectivity index (χ1v) is 10.4. The lowest BCUT2D eigenvalue weighted by Crippen LogP contribution is -2.24. The molecule has 2 amide bonds. The van der Waals surface area contributed by atoms with Gasteiger partial charge in [-0.25, -0.2) is 0 Å². The number of benzene rings is 2. The molecular weight excluding hydrogens is 356 g/mol. The van der Waals surface area contributed by atoms with Gasteiger partial charge in [-0.1, -0.05) is 59.7 Å². The third kappa shape index (κ3) is 8.78. The Bertz CT molecular complexity index is 663. The fourth-order valence-corrected chi connectivity index (χ4v) is 3.29. The summed E-state index contributed by atoms with van der Waals surface area (Å²) in [4.78, 5) is 23.7. The van der Waals surface area contributed by atoms with Crippen molar-refractivity contribution in [1.29, 1.82) is 0 Å². The Morgan fingerprint density at radius 1 is 0.704 bits per heavy atom. The van der Waals surface area contributed by atoms with Gasteiger partial charge in [0.05, 0.1) is 0 Å². The van der Waals surface area contributed by atoms with Crippen molar-refractivity contribution in [2.75, 3.05) is 11.5 Å². The molecule has 0 unspecified atom stereocenters. The Kier molecular flexibility index (Phi) is 8.92. The third-order valence-corrected chi connectivity index (χ3v) is 5.15. The molecule has 0 radical (unpaired) electrons. The lowest BCUT2D eigenvalue weighted by Gasteiger charge is -2.07. The minimum atomic E-state index is 0.0481. The molecule has 2 aromatic rings. The summed E-state index contributed by atoms with van der Waals surface area (Å²) in [5, 5.41) is 5.86. The van der Waals surface area contributed by atoms with E-state index in [1.165, 1.54) is 11.1 Å². The normalized spacial score (nSPS) is 10.4. The summed E-state index contributed by atoms with van der Waals surface area (Å²) in [5.41, 5.74) is 4.63. The summed E-state index contributed by atoms with van der Waals surface area (Å²) < 4.78 is 0. The van der Waals surface area contributed by atoms with Crippen molar-refractivity contribution in [2.45, 2.75) is 39.8 Å². The monoisotopic (exact) mass is 384 g/mol. The molecule has 0 aliphatic carbocycles. The van der Waals surface area contributed by atoms with Crippen molar-refractivity contribution < 1.29 is 9.59 Å². The van der Waals surface area contributed by atoms with Crippen LogP contribution in [-0.4, -0.2) is 23.3 Å². The number of hydrogen-bond acceptors (Lipinski definition) is 3. The van der Waals surface area contributed by atoms with Crippen LogP contribution in [-0.2, 0) is 22.7 Å². The molecule has 0 aliphatic heterocycles. The fraction of sp³-hybridized carbons (Fsp3) is 0.364. The maximum absolute atomic E-state index is 11.9. The van der Waals surface area contributed by atoms with E-state index in [0.29, 0.717) is 25.9 Å². The highest BCUT2D eigenvalue weighted by Crippen LogP contribution is 2.07. The Hall–Kier alpha value is -2.27. The number of carbonyl (C=O) groups excluding carboxylic acids is 2. The van der Waals surface area contributed by atoms with Crippen LogP contribution in [0, 0.1) is 13.8 Å². The van der Waals surface area contributed by atoms with Crippen molar-refractivity contribution in [3.63, 3.8) is 0 Å². The predicted octanol–water partition coefficient (Wildman–Crippen LogP) is 3.75. The summed E-state index contributed by atoms with van der Waals surface area (Å²) in [6.07, 6.45) is 0.947. The van der Waals surface area contributed by atoms with Crippen LogP contribution in [0.1, 0.15) is 35.1 Å². The zero-order chi connectivity index (χ0) is 19.5. The molecule has 0 aromatic heterocycles. The van der Waals surface area contributed by atoms with Crippen LogP contribution in [0.2, 0.25) is 0 Å². The quantitative estimate of drug-likeness (QED) is 0.614. The second-order valence-electron chi connectivity index (χ2n) is 6.64. The van der Waals surface area contributed by atoms with Gasteiger partial charge >= 0.3 is 0 Å². The first kappa shape index (κ1) is 21.0. The lowest BCUT2D eigenvalue weighted by atomic mass is 10.1. The summed E-state index contributed by atoms with van der Waals surface area (Å²) in [6, 6.07) is 16.3. The zero-order valence-corrected chi connectivity index (χ0v) is 16.9. The SMILES string of the molecule is Cc1ccc(CNC(=O)CCSCCC(=O)NCc2ccc(C)cc2)cc1. The van der Waals surface area contributed by atoms with E-state index in [-0.39, 0.29) is 11.8 Å². The van der Waals surface area contributed by atoms with E-state index in [0.717, 1.165) is 22.6 Å². The molecule has 27 heavy (non-hydrogen) atoms. The third-order valence-electron chi connectivity index (χ3n) is 4.17. The van der Waals surface area contributed by atoms with Crippen LogP contribution in [0.15, 0.2) is 48.5 Å². The average Bonchev–Trinajstić information content (AvgIpc) is 2.67. The highest BCUT2D eigenvalue weighted by molar-refractivity contribution is 7.99. The van der Waals surface area contributed by atoms with E-state index in [1.54, 1.807) is 11.8 Å². The first-order chi connectivity index (χ1) is 13.0. The zero-order valence-electron chi connectivity index (χ0n) is 16.1.